The summed E-state index contributed by atoms with van der Waals surface area (Å²) in [6.07, 6.45) is 4.04. The quantitative estimate of drug-likeness (QED) is 0.822. The minimum absolute atomic E-state index is 0.106. The number of hydrogen-bond acceptors (Lipinski definition) is 3. The maximum absolute atomic E-state index is 5.76. The van der Waals surface area contributed by atoms with Crippen molar-refractivity contribution in [1.82, 2.24) is 10.3 Å². The van der Waals surface area contributed by atoms with E-state index >= 15 is 0 Å². The summed E-state index contributed by atoms with van der Waals surface area (Å²) >= 11 is 0. The standard InChI is InChI=1S/C16H28N2O/c1-6-10-18-14(15(19-5)16(2,3)4)12-13-9-7-8-11-17-13/h7-9,11,14-15,18H,6,10,12H2,1-5H3. The first-order chi connectivity index (χ1) is 8.99. The van der Waals surface area contributed by atoms with Crippen molar-refractivity contribution >= 4 is 0 Å². The van der Waals surface area contributed by atoms with Crippen LogP contribution in [0.5, 0.6) is 0 Å². The summed E-state index contributed by atoms with van der Waals surface area (Å²) in [6.45, 7) is 9.86. The molecule has 0 spiro atoms. The first-order valence-electron chi connectivity index (χ1n) is 7.15. The van der Waals surface area contributed by atoms with Gasteiger partial charge in [-0.3, -0.25) is 4.98 Å². The third-order valence-corrected chi connectivity index (χ3v) is 3.28. The predicted molar refractivity (Wildman–Crippen MR) is 80.3 cm³/mol. The molecular formula is C16H28N2O. The van der Waals surface area contributed by atoms with Crippen molar-refractivity contribution in [2.75, 3.05) is 13.7 Å². The highest BCUT2D eigenvalue weighted by Crippen LogP contribution is 2.26. The van der Waals surface area contributed by atoms with Crippen LogP contribution in [-0.2, 0) is 11.2 Å². The monoisotopic (exact) mass is 264 g/mol. The number of rotatable bonds is 7. The van der Waals surface area contributed by atoms with Gasteiger partial charge in [0.2, 0.25) is 0 Å². The fraction of sp³-hybridized carbons (Fsp3) is 0.688. The molecule has 3 nitrogen and oxygen atoms in total. The molecule has 1 aromatic rings. The molecule has 108 valence electrons. The summed E-state index contributed by atoms with van der Waals surface area (Å²) in [5.41, 5.74) is 1.22. The van der Waals surface area contributed by atoms with E-state index in [0.717, 1.165) is 25.1 Å². The van der Waals surface area contributed by atoms with E-state index in [4.69, 9.17) is 4.74 Å². The minimum atomic E-state index is 0.106. The van der Waals surface area contributed by atoms with Crippen molar-refractivity contribution in [3.05, 3.63) is 30.1 Å². The summed E-state index contributed by atoms with van der Waals surface area (Å²) in [5.74, 6) is 0. The van der Waals surface area contributed by atoms with Crippen LogP contribution in [-0.4, -0.2) is 30.8 Å². The SMILES string of the molecule is CCCNC(Cc1ccccn1)C(OC)C(C)(C)C. The second kappa shape index (κ2) is 7.61. The van der Waals surface area contributed by atoms with Gasteiger partial charge >= 0.3 is 0 Å². The van der Waals surface area contributed by atoms with E-state index in [1.54, 1.807) is 7.11 Å². The van der Waals surface area contributed by atoms with Crippen LogP contribution in [0.1, 0.15) is 39.8 Å². The number of ether oxygens (including phenoxy) is 1. The van der Waals surface area contributed by atoms with Crippen LogP contribution in [0.15, 0.2) is 24.4 Å². The molecule has 1 N–H and O–H groups in total. The van der Waals surface area contributed by atoms with Gasteiger partial charge in [-0.1, -0.05) is 33.8 Å². The number of aromatic nitrogens is 1. The van der Waals surface area contributed by atoms with Crippen LogP contribution in [0.2, 0.25) is 0 Å². The van der Waals surface area contributed by atoms with Crippen LogP contribution in [0.3, 0.4) is 0 Å². The minimum Gasteiger partial charge on any atom is -0.379 e. The lowest BCUT2D eigenvalue weighted by Crippen LogP contribution is -2.49. The second-order valence-electron chi connectivity index (χ2n) is 6.11. The van der Waals surface area contributed by atoms with E-state index < -0.39 is 0 Å². The molecule has 1 rings (SSSR count). The highest BCUT2D eigenvalue weighted by atomic mass is 16.5. The van der Waals surface area contributed by atoms with Gasteiger partial charge in [0.15, 0.2) is 0 Å². The van der Waals surface area contributed by atoms with E-state index in [0.29, 0.717) is 6.04 Å². The molecule has 19 heavy (non-hydrogen) atoms. The van der Waals surface area contributed by atoms with Crippen molar-refractivity contribution in [2.45, 2.75) is 52.7 Å². The first kappa shape index (κ1) is 16.1. The Kier molecular flexibility index (Phi) is 6.46. The van der Waals surface area contributed by atoms with Gasteiger partial charge in [0.05, 0.1) is 6.10 Å². The van der Waals surface area contributed by atoms with E-state index in [2.05, 4.69) is 44.1 Å². The van der Waals surface area contributed by atoms with Gasteiger partial charge in [-0.25, -0.2) is 0 Å². The highest BCUT2D eigenvalue weighted by Gasteiger charge is 2.32. The smallest absolute Gasteiger partial charge is 0.0776 e. The number of methoxy groups -OCH3 is 1. The third-order valence-electron chi connectivity index (χ3n) is 3.28. The van der Waals surface area contributed by atoms with Crippen LogP contribution in [0.25, 0.3) is 0 Å². The first-order valence-corrected chi connectivity index (χ1v) is 7.15. The molecule has 0 saturated heterocycles. The fourth-order valence-electron chi connectivity index (χ4n) is 2.48. The Balaban J connectivity index is 2.81. The molecule has 0 amide bonds. The zero-order valence-electron chi connectivity index (χ0n) is 12.9. The summed E-state index contributed by atoms with van der Waals surface area (Å²) in [7, 11) is 1.80. The molecule has 1 heterocycles. The Morgan fingerprint density at radius 2 is 2.05 bits per heavy atom. The van der Waals surface area contributed by atoms with Crippen LogP contribution >= 0.6 is 0 Å². The molecule has 0 aliphatic rings. The largest absolute Gasteiger partial charge is 0.379 e. The van der Waals surface area contributed by atoms with Crippen molar-refractivity contribution in [3.63, 3.8) is 0 Å². The molecule has 2 unspecified atom stereocenters. The van der Waals surface area contributed by atoms with Gasteiger partial charge < -0.3 is 10.1 Å². The topological polar surface area (TPSA) is 34.2 Å². The maximum atomic E-state index is 5.76. The molecule has 0 aliphatic carbocycles. The van der Waals surface area contributed by atoms with Crippen molar-refractivity contribution in [1.29, 1.82) is 0 Å². The molecule has 0 aromatic carbocycles. The molecule has 1 aromatic heterocycles. The number of nitrogens with zero attached hydrogens (tertiary/aromatic N) is 1. The number of nitrogens with one attached hydrogen (secondary N) is 1. The lowest BCUT2D eigenvalue weighted by Gasteiger charge is -2.36. The zero-order chi connectivity index (χ0) is 14.3. The molecular weight excluding hydrogens is 236 g/mol. The Labute approximate surface area is 117 Å². The summed E-state index contributed by atoms with van der Waals surface area (Å²) in [5, 5.41) is 3.61. The molecule has 0 saturated carbocycles. The van der Waals surface area contributed by atoms with Gasteiger partial charge in [0, 0.05) is 31.5 Å². The summed E-state index contributed by atoms with van der Waals surface area (Å²) < 4.78 is 5.76. The van der Waals surface area contributed by atoms with Gasteiger partial charge in [0.1, 0.15) is 0 Å². The van der Waals surface area contributed by atoms with E-state index in [9.17, 15) is 0 Å². The molecule has 3 heteroatoms. The Bertz CT molecular complexity index is 346. The number of pyridine rings is 1. The zero-order valence-corrected chi connectivity index (χ0v) is 12.9. The number of hydrogen-bond donors (Lipinski definition) is 1. The molecule has 0 bridgehead atoms. The van der Waals surface area contributed by atoms with Crippen LogP contribution < -0.4 is 5.32 Å². The third kappa shape index (κ3) is 5.29. The van der Waals surface area contributed by atoms with E-state index in [1.807, 2.05) is 18.3 Å². The average Bonchev–Trinajstić information content (AvgIpc) is 2.36. The van der Waals surface area contributed by atoms with Gasteiger partial charge in [-0.2, -0.15) is 0 Å². The highest BCUT2D eigenvalue weighted by molar-refractivity contribution is 5.07. The van der Waals surface area contributed by atoms with Gasteiger partial charge in [-0.05, 0) is 30.5 Å². The van der Waals surface area contributed by atoms with Gasteiger partial charge in [-0.15, -0.1) is 0 Å². The van der Waals surface area contributed by atoms with Crippen molar-refractivity contribution < 1.29 is 4.74 Å². The van der Waals surface area contributed by atoms with E-state index in [-0.39, 0.29) is 11.5 Å². The molecule has 0 radical (unpaired) electrons. The Morgan fingerprint density at radius 3 is 2.53 bits per heavy atom. The summed E-state index contributed by atoms with van der Waals surface area (Å²) in [4.78, 5) is 4.43. The lowest BCUT2D eigenvalue weighted by molar-refractivity contribution is -0.0111. The van der Waals surface area contributed by atoms with Crippen LogP contribution in [0.4, 0.5) is 0 Å². The normalized spacial score (nSPS) is 15.2. The van der Waals surface area contributed by atoms with Gasteiger partial charge in [0.25, 0.3) is 0 Å². The second-order valence-corrected chi connectivity index (χ2v) is 6.11. The Morgan fingerprint density at radius 1 is 1.32 bits per heavy atom. The average molecular weight is 264 g/mol. The Hall–Kier alpha value is -0.930. The van der Waals surface area contributed by atoms with E-state index in [1.165, 1.54) is 0 Å². The predicted octanol–water partition coefficient (Wildman–Crippen LogP) is 3.05. The summed E-state index contributed by atoms with van der Waals surface area (Å²) in [6, 6.07) is 6.36. The molecule has 2 atom stereocenters. The van der Waals surface area contributed by atoms with Crippen molar-refractivity contribution in [2.24, 2.45) is 5.41 Å². The molecule has 0 fully saturated rings. The fourth-order valence-corrected chi connectivity index (χ4v) is 2.48. The van der Waals surface area contributed by atoms with Crippen LogP contribution in [0, 0.1) is 5.41 Å². The maximum Gasteiger partial charge on any atom is 0.0776 e. The molecule has 0 aliphatic heterocycles. The van der Waals surface area contributed by atoms with Crippen molar-refractivity contribution in [3.8, 4) is 0 Å². The lowest BCUT2D eigenvalue weighted by atomic mass is 9.83.